The van der Waals surface area contributed by atoms with Gasteiger partial charge in [0.1, 0.15) is 0 Å². The van der Waals surface area contributed by atoms with Gasteiger partial charge in [0, 0.05) is 22.4 Å². The molecule has 1 heteroatoms. The standard InChI is InChI=1S/C62H51N/c1-40-28-30-44(31-29-40)45-36-43(4)60(54(37-45)59-41(2)18-17-19-42(59)3)63(48-32-34-52-50-24-13-15-26-55(50)61(5,6)57(52)38-48)49-33-35-53-51-25-14-16-27-56(51)62(58(53)39-49,46-20-9-7-10-21-46)47-22-11-8-12-23-47/h7-39H,1-6H3. The number of benzene rings is 9. The summed E-state index contributed by atoms with van der Waals surface area (Å²) in [6.07, 6.45) is 0. The van der Waals surface area contributed by atoms with Gasteiger partial charge in [-0.25, -0.2) is 0 Å². The summed E-state index contributed by atoms with van der Waals surface area (Å²) in [5.41, 5.74) is 25.8. The van der Waals surface area contributed by atoms with Crippen molar-refractivity contribution in [3.05, 3.63) is 256 Å². The Kier molecular flexibility index (Phi) is 9.03. The molecule has 0 saturated heterocycles. The van der Waals surface area contributed by atoms with Gasteiger partial charge in [0.2, 0.25) is 0 Å². The zero-order valence-electron chi connectivity index (χ0n) is 37.0. The lowest BCUT2D eigenvalue weighted by atomic mass is 9.67. The SMILES string of the molecule is Cc1ccc(-c2cc(C)c(N(c3ccc4c(c3)C(C)(C)c3ccccc3-4)c3ccc4c(c3)C(c3ccccc3)(c3ccccc3)c3ccccc3-4)c(-c3c(C)cccc3C)c2)cc1. The van der Waals surface area contributed by atoms with Crippen LogP contribution in [0.3, 0.4) is 0 Å². The van der Waals surface area contributed by atoms with E-state index in [0.29, 0.717) is 0 Å². The van der Waals surface area contributed by atoms with Crippen molar-refractivity contribution in [3.63, 3.8) is 0 Å². The predicted molar refractivity (Wildman–Crippen MR) is 266 cm³/mol. The smallest absolute Gasteiger partial charge is 0.0714 e. The zero-order chi connectivity index (χ0) is 43.0. The molecule has 11 rings (SSSR count). The van der Waals surface area contributed by atoms with Crippen molar-refractivity contribution >= 4 is 17.1 Å². The van der Waals surface area contributed by atoms with Gasteiger partial charge >= 0.3 is 0 Å². The highest BCUT2D eigenvalue weighted by molar-refractivity contribution is 5.97. The van der Waals surface area contributed by atoms with Crippen LogP contribution < -0.4 is 4.90 Å². The second-order valence-electron chi connectivity index (χ2n) is 18.3. The molecule has 0 bridgehead atoms. The summed E-state index contributed by atoms with van der Waals surface area (Å²) < 4.78 is 0. The molecule has 0 spiro atoms. The molecule has 0 radical (unpaired) electrons. The van der Waals surface area contributed by atoms with E-state index in [0.717, 1.165) is 11.4 Å². The van der Waals surface area contributed by atoms with Gasteiger partial charge in [-0.05, 0) is 153 Å². The Labute approximate surface area is 373 Å². The van der Waals surface area contributed by atoms with Gasteiger partial charge in [-0.3, -0.25) is 0 Å². The minimum Gasteiger partial charge on any atom is -0.310 e. The fraction of sp³-hybridized carbons (Fsp3) is 0.129. The first-order chi connectivity index (χ1) is 30.7. The molecule has 9 aromatic rings. The second-order valence-corrected chi connectivity index (χ2v) is 18.3. The largest absolute Gasteiger partial charge is 0.310 e. The third-order valence-corrected chi connectivity index (χ3v) is 14.2. The van der Waals surface area contributed by atoms with Crippen LogP contribution in [0.1, 0.15) is 69.5 Å². The first kappa shape index (κ1) is 38.7. The van der Waals surface area contributed by atoms with Gasteiger partial charge in [0.05, 0.1) is 11.1 Å². The molecule has 304 valence electrons. The Morgan fingerprint density at radius 1 is 0.349 bits per heavy atom. The van der Waals surface area contributed by atoms with Crippen LogP contribution in [0.2, 0.25) is 0 Å². The number of rotatable bonds is 7. The monoisotopic (exact) mass is 809 g/mol. The highest BCUT2D eigenvalue weighted by atomic mass is 15.1. The van der Waals surface area contributed by atoms with E-state index in [9.17, 15) is 0 Å². The van der Waals surface area contributed by atoms with E-state index < -0.39 is 5.41 Å². The molecule has 1 nitrogen and oxygen atoms in total. The van der Waals surface area contributed by atoms with Gasteiger partial charge in [-0.15, -0.1) is 0 Å². The maximum Gasteiger partial charge on any atom is 0.0714 e. The number of aryl methyl sites for hydroxylation is 4. The van der Waals surface area contributed by atoms with Crippen molar-refractivity contribution in [2.24, 2.45) is 0 Å². The van der Waals surface area contributed by atoms with Crippen LogP contribution in [-0.2, 0) is 10.8 Å². The Morgan fingerprint density at radius 2 is 0.857 bits per heavy atom. The molecule has 0 N–H and O–H groups in total. The van der Waals surface area contributed by atoms with Gasteiger partial charge < -0.3 is 4.90 Å². The normalized spacial score (nSPS) is 13.8. The molecular weight excluding hydrogens is 759 g/mol. The fourth-order valence-corrected chi connectivity index (χ4v) is 11.2. The van der Waals surface area contributed by atoms with E-state index >= 15 is 0 Å². The Hall–Kier alpha value is -7.22. The molecule has 0 heterocycles. The molecule has 0 fully saturated rings. The van der Waals surface area contributed by atoms with Crippen molar-refractivity contribution in [2.75, 3.05) is 4.90 Å². The maximum absolute atomic E-state index is 2.58. The molecule has 63 heavy (non-hydrogen) atoms. The number of hydrogen-bond donors (Lipinski definition) is 0. The van der Waals surface area contributed by atoms with Crippen LogP contribution in [0.25, 0.3) is 44.5 Å². The van der Waals surface area contributed by atoms with Crippen molar-refractivity contribution in [1.29, 1.82) is 0 Å². The molecule has 0 atom stereocenters. The number of anilines is 3. The van der Waals surface area contributed by atoms with Crippen LogP contribution >= 0.6 is 0 Å². The lowest BCUT2D eigenvalue weighted by Crippen LogP contribution is -2.28. The zero-order valence-corrected chi connectivity index (χ0v) is 37.0. The first-order valence-electron chi connectivity index (χ1n) is 22.3. The van der Waals surface area contributed by atoms with Crippen LogP contribution in [0.5, 0.6) is 0 Å². The molecule has 0 aliphatic heterocycles. The first-order valence-corrected chi connectivity index (χ1v) is 22.3. The molecule has 9 aromatic carbocycles. The fourth-order valence-electron chi connectivity index (χ4n) is 11.2. The lowest BCUT2D eigenvalue weighted by Gasteiger charge is -2.36. The van der Waals surface area contributed by atoms with E-state index in [1.54, 1.807) is 0 Å². The topological polar surface area (TPSA) is 3.24 Å². The van der Waals surface area contributed by atoms with Gasteiger partial charge in [0.15, 0.2) is 0 Å². The third kappa shape index (κ3) is 5.90. The van der Waals surface area contributed by atoms with Crippen LogP contribution in [0, 0.1) is 27.7 Å². The summed E-state index contributed by atoms with van der Waals surface area (Å²) in [4.78, 5) is 2.58. The average molecular weight is 810 g/mol. The molecule has 0 aromatic heterocycles. The van der Waals surface area contributed by atoms with Crippen molar-refractivity contribution in [2.45, 2.75) is 52.4 Å². The van der Waals surface area contributed by atoms with Gasteiger partial charge in [-0.2, -0.15) is 0 Å². The van der Waals surface area contributed by atoms with Gasteiger partial charge in [-0.1, -0.05) is 183 Å². The molecule has 2 aliphatic carbocycles. The molecule has 0 unspecified atom stereocenters. The summed E-state index contributed by atoms with van der Waals surface area (Å²) in [5.74, 6) is 0. The molecule has 2 aliphatic rings. The number of fused-ring (bicyclic) bond motifs is 6. The highest BCUT2D eigenvalue weighted by Gasteiger charge is 2.46. The molecule has 0 amide bonds. The summed E-state index contributed by atoms with van der Waals surface area (Å²) in [6, 6.07) is 75.4. The summed E-state index contributed by atoms with van der Waals surface area (Å²) in [7, 11) is 0. The maximum atomic E-state index is 2.58. The van der Waals surface area contributed by atoms with E-state index in [2.05, 4.69) is 247 Å². The minimum absolute atomic E-state index is 0.164. The van der Waals surface area contributed by atoms with Crippen LogP contribution in [0.15, 0.2) is 200 Å². The van der Waals surface area contributed by atoms with E-state index in [1.807, 2.05) is 0 Å². The van der Waals surface area contributed by atoms with E-state index in [1.165, 1.54) is 106 Å². The average Bonchev–Trinajstić information content (AvgIpc) is 3.73. The van der Waals surface area contributed by atoms with Crippen LogP contribution in [0.4, 0.5) is 17.1 Å². The lowest BCUT2D eigenvalue weighted by molar-refractivity contribution is 0.660. The van der Waals surface area contributed by atoms with E-state index in [-0.39, 0.29) is 5.41 Å². The molecular formula is C62H51N. The van der Waals surface area contributed by atoms with Crippen molar-refractivity contribution < 1.29 is 0 Å². The Balaban J connectivity index is 1.24. The quantitative estimate of drug-likeness (QED) is 0.155. The highest BCUT2D eigenvalue weighted by Crippen LogP contribution is 2.58. The molecule has 0 saturated carbocycles. The summed E-state index contributed by atoms with van der Waals surface area (Å²) >= 11 is 0. The number of hydrogen-bond acceptors (Lipinski definition) is 1. The number of nitrogens with zero attached hydrogens (tertiary/aromatic N) is 1. The second kappa shape index (κ2) is 14.7. The van der Waals surface area contributed by atoms with Crippen molar-refractivity contribution in [3.8, 4) is 44.5 Å². The Bertz CT molecular complexity index is 3160. The van der Waals surface area contributed by atoms with E-state index in [4.69, 9.17) is 0 Å². The Morgan fingerprint density at radius 3 is 1.48 bits per heavy atom. The van der Waals surface area contributed by atoms with Gasteiger partial charge in [0.25, 0.3) is 0 Å². The summed E-state index contributed by atoms with van der Waals surface area (Å²) in [5, 5.41) is 0. The third-order valence-electron chi connectivity index (χ3n) is 14.2. The van der Waals surface area contributed by atoms with Crippen LogP contribution in [-0.4, -0.2) is 0 Å². The summed E-state index contributed by atoms with van der Waals surface area (Å²) in [6.45, 7) is 13.8. The predicted octanol–water partition coefficient (Wildman–Crippen LogP) is 16.4. The van der Waals surface area contributed by atoms with Crippen molar-refractivity contribution in [1.82, 2.24) is 0 Å². The minimum atomic E-state index is -0.530.